The van der Waals surface area contributed by atoms with E-state index in [1.165, 1.54) is 38.4 Å². The highest BCUT2D eigenvalue weighted by molar-refractivity contribution is 5.51. The number of nitriles is 1. The average molecular weight is 357 g/mol. The summed E-state index contributed by atoms with van der Waals surface area (Å²) in [7, 11) is 0. The Hall–Kier alpha value is -1.64. The summed E-state index contributed by atoms with van der Waals surface area (Å²) in [6, 6.07) is 7.58. The number of benzene rings is 1. The molecule has 1 saturated carbocycles. The number of rotatable bonds is 4. The van der Waals surface area contributed by atoms with Crippen molar-refractivity contribution < 1.29 is 9.13 Å². The lowest BCUT2D eigenvalue weighted by atomic mass is 9.89. The molecule has 0 bridgehead atoms. The maximum absolute atomic E-state index is 14.2. The molecule has 3 aliphatic rings. The normalized spacial score (nSPS) is 23.6. The fourth-order valence-corrected chi connectivity index (χ4v) is 4.47. The number of likely N-dealkylation sites (tertiary alicyclic amines) is 1. The molecule has 0 radical (unpaired) electrons. The number of anilines is 1. The predicted octanol–water partition coefficient (Wildman–Crippen LogP) is 3.70. The van der Waals surface area contributed by atoms with Crippen molar-refractivity contribution in [2.24, 2.45) is 0 Å². The zero-order valence-electron chi connectivity index (χ0n) is 15.4. The first-order valence-electron chi connectivity index (χ1n) is 10.1. The fourth-order valence-electron chi connectivity index (χ4n) is 4.47. The molecule has 140 valence electrons. The molecule has 0 atom stereocenters. The lowest BCUT2D eigenvalue weighted by Crippen LogP contribution is -2.47. The van der Waals surface area contributed by atoms with Crippen LogP contribution in [-0.2, 0) is 4.74 Å². The molecule has 4 rings (SSSR count). The van der Waals surface area contributed by atoms with E-state index in [1.807, 2.05) is 6.07 Å². The van der Waals surface area contributed by atoms with Crippen molar-refractivity contribution in [3.8, 4) is 6.07 Å². The van der Waals surface area contributed by atoms with Gasteiger partial charge in [-0.1, -0.05) is 6.42 Å². The monoisotopic (exact) mass is 357 g/mol. The van der Waals surface area contributed by atoms with Gasteiger partial charge < -0.3 is 14.5 Å². The largest absolute Gasteiger partial charge is 0.375 e. The zero-order chi connectivity index (χ0) is 17.9. The first-order valence-corrected chi connectivity index (χ1v) is 10.1. The van der Waals surface area contributed by atoms with Crippen molar-refractivity contribution in [2.45, 2.75) is 63.2 Å². The van der Waals surface area contributed by atoms with Gasteiger partial charge in [0, 0.05) is 32.2 Å². The van der Waals surface area contributed by atoms with Crippen molar-refractivity contribution in [1.82, 2.24) is 4.90 Å². The van der Waals surface area contributed by atoms with E-state index >= 15 is 0 Å². The number of piperidine rings is 2. The Labute approximate surface area is 155 Å². The van der Waals surface area contributed by atoms with Gasteiger partial charge in [0.2, 0.25) is 0 Å². The van der Waals surface area contributed by atoms with E-state index in [1.54, 1.807) is 12.1 Å². The van der Waals surface area contributed by atoms with Crippen LogP contribution in [0.1, 0.15) is 50.5 Å². The van der Waals surface area contributed by atoms with Crippen molar-refractivity contribution in [3.05, 3.63) is 29.6 Å². The van der Waals surface area contributed by atoms with E-state index in [2.05, 4.69) is 9.80 Å². The van der Waals surface area contributed by atoms with Gasteiger partial charge in [-0.2, -0.15) is 5.26 Å². The molecule has 0 unspecified atom stereocenters. The van der Waals surface area contributed by atoms with Crippen molar-refractivity contribution >= 4 is 5.69 Å². The van der Waals surface area contributed by atoms with Gasteiger partial charge in [0.1, 0.15) is 5.82 Å². The molecule has 0 spiro atoms. The van der Waals surface area contributed by atoms with Gasteiger partial charge in [0.15, 0.2) is 0 Å². The number of hydrogen-bond donors (Lipinski definition) is 0. The SMILES string of the molecule is N#Cc1ccc(N2CCC(OC3CCN(C4CCC4)CC3)CC2)c(F)c1. The van der Waals surface area contributed by atoms with Gasteiger partial charge >= 0.3 is 0 Å². The molecule has 0 N–H and O–H groups in total. The maximum Gasteiger partial charge on any atom is 0.147 e. The summed E-state index contributed by atoms with van der Waals surface area (Å²) in [5.41, 5.74) is 0.981. The first-order chi connectivity index (χ1) is 12.7. The molecule has 1 aliphatic carbocycles. The van der Waals surface area contributed by atoms with Crippen molar-refractivity contribution in [2.75, 3.05) is 31.1 Å². The highest BCUT2D eigenvalue weighted by Gasteiger charge is 2.31. The van der Waals surface area contributed by atoms with E-state index in [0.717, 1.165) is 44.8 Å². The minimum Gasteiger partial charge on any atom is -0.375 e. The molecule has 2 saturated heterocycles. The second kappa shape index (κ2) is 7.94. The third kappa shape index (κ3) is 3.87. The van der Waals surface area contributed by atoms with Crippen LogP contribution in [0.3, 0.4) is 0 Å². The number of ether oxygens (including phenoxy) is 1. The molecular weight excluding hydrogens is 329 g/mol. The molecule has 0 amide bonds. The topological polar surface area (TPSA) is 39.5 Å². The summed E-state index contributed by atoms with van der Waals surface area (Å²) in [6.07, 6.45) is 9.07. The lowest BCUT2D eigenvalue weighted by Gasteiger charge is -2.43. The molecule has 26 heavy (non-hydrogen) atoms. The molecule has 5 heteroatoms. The van der Waals surface area contributed by atoms with E-state index in [0.29, 0.717) is 23.5 Å². The smallest absolute Gasteiger partial charge is 0.147 e. The molecule has 1 aromatic carbocycles. The number of nitrogens with zero attached hydrogens (tertiary/aromatic N) is 3. The molecule has 2 heterocycles. The van der Waals surface area contributed by atoms with Gasteiger partial charge in [0.05, 0.1) is 29.5 Å². The number of hydrogen-bond acceptors (Lipinski definition) is 4. The van der Waals surface area contributed by atoms with E-state index in [9.17, 15) is 4.39 Å². The van der Waals surface area contributed by atoms with Gasteiger partial charge in [0.25, 0.3) is 0 Å². The van der Waals surface area contributed by atoms with Crippen LogP contribution in [0.5, 0.6) is 0 Å². The zero-order valence-corrected chi connectivity index (χ0v) is 15.4. The van der Waals surface area contributed by atoms with Crippen molar-refractivity contribution in [3.63, 3.8) is 0 Å². The first kappa shape index (κ1) is 17.8. The molecule has 1 aromatic rings. The summed E-state index contributed by atoms with van der Waals surface area (Å²) >= 11 is 0. The highest BCUT2D eigenvalue weighted by atomic mass is 19.1. The second-order valence-corrected chi connectivity index (χ2v) is 7.92. The lowest BCUT2D eigenvalue weighted by molar-refractivity contribution is -0.0598. The van der Waals surface area contributed by atoms with Gasteiger partial charge in [-0.25, -0.2) is 4.39 Å². The van der Waals surface area contributed by atoms with Crippen LogP contribution in [0.2, 0.25) is 0 Å². The van der Waals surface area contributed by atoms with Crippen LogP contribution < -0.4 is 4.90 Å². The van der Waals surface area contributed by atoms with Crippen LogP contribution in [0, 0.1) is 17.1 Å². The van der Waals surface area contributed by atoms with E-state index in [-0.39, 0.29) is 5.82 Å². The molecule has 0 aromatic heterocycles. The summed E-state index contributed by atoms with van der Waals surface area (Å²) < 4.78 is 20.6. The summed E-state index contributed by atoms with van der Waals surface area (Å²) in [5, 5.41) is 8.87. The Morgan fingerprint density at radius 2 is 1.62 bits per heavy atom. The van der Waals surface area contributed by atoms with Gasteiger partial charge in [-0.3, -0.25) is 0 Å². The summed E-state index contributed by atoms with van der Waals surface area (Å²) in [6.45, 7) is 4.00. The fraction of sp³-hybridized carbons (Fsp3) is 0.667. The third-order valence-corrected chi connectivity index (χ3v) is 6.31. The second-order valence-electron chi connectivity index (χ2n) is 7.92. The molecule has 3 fully saturated rings. The summed E-state index contributed by atoms with van der Waals surface area (Å²) in [4.78, 5) is 4.73. The van der Waals surface area contributed by atoms with Crippen LogP contribution in [0.15, 0.2) is 18.2 Å². The highest BCUT2D eigenvalue weighted by Crippen LogP contribution is 2.30. The van der Waals surface area contributed by atoms with Gasteiger partial charge in [-0.05, 0) is 56.7 Å². The third-order valence-electron chi connectivity index (χ3n) is 6.31. The van der Waals surface area contributed by atoms with Crippen LogP contribution in [0.4, 0.5) is 10.1 Å². The van der Waals surface area contributed by atoms with Crippen molar-refractivity contribution in [1.29, 1.82) is 5.26 Å². The average Bonchev–Trinajstić information content (AvgIpc) is 2.62. The molecule has 4 nitrogen and oxygen atoms in total. The standard InChI is InChI=1S/C21H28FN3O/c22-20-14-16(15-23)4-5-21(20)25-12-8-19(9-13-25)26-18-6-10-24(11-7-18)17-2-1-3-17/h4-5,14,17-19H,1-3,6-13H2. The maximum atomic E-state index is 14.2. The van der Waals surface area contributed by atoms with Crippen LogP contribution >= 0.6 is 0 Å². The Kier molecular flexibility index (Phi) is 5.42. The number of halogens is 1. The van der Waals surface area contributed by atoms with E-state index < -0.39 is 0 Å². The van der Waals surface area contributed by atoms with Crippen LogP contribution in [-0.4, -0.2) is 49.3 Å². The Balaban J connectivity index is 1.23. The predicted molar refractivity (Wildman–Crippen MR) is 99.7 cm³/mol. The quantitative estimate of drug-likeness (QED) is 0.824. The Morgan fingerprint density at radius 3 is 2.15 bits per heavy atom. The van der Waals surface area contributed by atoms with E-state index in [4.69, 9.17) is 10.00 Å². The Bertz CT molecular complexity index is 654. The van der Waals surface area contributed by atoms with Gasteiger partial charge in [-0.15, -0.1) is 0 Å². The van der Waals surface area contributed by atoms with Crippen LogP contribution in [0.25, 0.3) is 0 Å². The minimum absolute atomic E-state index is 0.299. The molecular formula is C21H28FN3O. The molecule has 2 aliphatic heterocycles. The minimum atomic E-state index is -0.299. The Morgan fingerprint density at radius 1 is 0.962 bits per heavy atom. The summed E-state index contributed by atoms with van der Waals surface area (Å²) in [5.74, 6) is -0.299.